The monoisotopic (exact) mass is 322 g/mol. The van der Waals surface area contributed by atoms with Crippen LogP contribution < -0.4 is 15.4 Å². The zero-order valence-corrected chi connectivity index (χ0v) is 13.1. The third-order valence-corrected chi connectivity index (χ3v) is 3.14. The molecule has 7 nitrogen and oxygen atoms in total. The van der Waals surface area contributed by atoms with Crippen LogP contribution in [0.15, 0.2) is 24.3 Å². The molecule has 2 amide bonds. The van der Waals surface area contributed by atoms with Gasteiger partial charge in [-0.05, 0) is 30.5 Å². The highest BCUT2D eigenvalue weighted by atomic mass is 16.5. The minimum Gasteiger partial charge on any atom is -0.497 e. The summed E-state index contributed by atoms with van der Waals surface area (Å²) in [5.41, 5.74) is 0.930. The van der Waals surface area contributed by atoms with Crippen LogP contribution in [0.3, 0.4) is 0 Å². The molecule has 0 aromatic heterocycles. The Kier molecular flexibility index (Phi) is 8.20. The number of hydrogen-bond donors (Lipinski definition) is 3. The van der Waals surface area contributed by atoms with Crippen LogP contribution in [0.1, 0.15) is 31.2 Å². The Labute approximate surface area is 135 Å². The van der Waals surface area contributed by atoms with Crippen LogP contribution in [0.25, 0.3) is 0 Å². The van der Waals surface area contributed by atoms with E-state index in [-0.39, 0.29) is 31.2 Å². The van der Waals surface area contributed by atoms with Crippen molar-refractivity contribution in [3.05, 3.63) is 29.8 Å². The maximum absolute atomic E-state index is 11.6. The molecule has 0 aliphatic carbocycles. The number of hydrogen-bond acceptors (Lipinski definition) is 4. The van der Waals surface area contributed by atoms with Crippen LogP contribution >= 0.6 is 0 Å². The Morgan fingerprint density at radius 2 is 1.65 bits per heavy atom. The zero-order valence-electron chi connectivity index (χ0n) is 13.1. The largest absolute Gasteiger partial charge is 0.497 e. The molecule has 1 rings (SSSR count). The standard InChI is InChI=1S/C16H22N2O5/c1-23-13-8-6-12(7-9-13)10-17-15(20)11-18-14(19)4-2-3-5-16(21)22/h6-9H,2-5,10-11H2,1H3,(H,17,20)(H,18,19)(H,21,22). The van der Waals surface area contributed by atoms with E-state index in [1.165, 1.54) is 0 Å². The van der Waals surface area contributed by atoms with Crippen molar-refractivity contribution in [1.29, 1.82) is 0 Å². The molecule has 0 spiro atoms. The molecule has 7 heteroatoms. The molecule has 0 saturated heterocycles. The van der Waals surface area contributed by atoms with Crippen molar-refractivity contribution >= 4 is 17.8 Å². The van der Waals surface area contributed by atoms with Gasteiger partial charge in [0, 0.05) is 19.4 Å². The highest BCUT2D eigenvalue weighted by molar-refractivity contribution is 5.84. The lowest BCUT2D eigenvalue weighted by Crippen LogP contribution is -2.36. The first kappa shape index (κ1) is 18.5. The van der Waals surface area contributed by atoms with Gasteiger partial charge in [0.25, 0.3) is 0 Å². The summed E-state index contributed by atoms with van der Waals surface area (Å²) in [5.74, 6) is -0.659. The molecule has 0 aliphatic heterocycles. The molecule has 0 aliphatic rings. The van der Waals surface area contributed by atoms with Crippen molar-refractivity contribution in [1.82, 2.24) is 10.6 Å². The maximum atomic E-state index is 11.6. The normalized spacial score (nSPS) is 9.96. The number of carboxylic acid groups (broad SMARTS) is 1. The van der Waals surface area contributed by atoms with E-state index < -0.39 is 5.97 Å². The predicted molar refractivity (Wildman–Crippen MR) is 84.0 cm³/mol. The van der Waals surface area contributed by atoms with Gasteiger partial charge in [0.05, 0.1) is 13.7 Å². The first-order chi connectivity index (χ1) is 11.0. The fourth-order valence-electron chi connectivity index (χ4n) is 1.84. The number of carbonyl (C=O) groups is 3. The van der Waals surface area contributed by atoms with Crippen molar-refractivity contribution in [2.75, 3.05) is 13.7 Å². The van der Waals surface area contributed by atoms with E-state index in [4.69, 9.17) is 9.84 Å². The molecule has 0 heterocycles. The van der Waals surface area contributed by atoms with Crippen LogP contribution in [0.2, 0.25) is 0 Å². The Hall–Kier alpha value is -2.57. The average molecular weight is 322 g/mol. The number of methoxy groups -OCH3 is 1. The SMILES string of the molecule is COc1ccc(CNC(=O)CNC(=O)CCCCC(=O)O)cc1. The van der Waals surface area contributed by atoms with E-state index in [2.05, 4.69) is 10.6 Å². The van der Waals surface area contributed by atoms with Crippen molar-refractivity contribution in [2.45, 2.75) is 32.2 Å². The second kappa shape index (κ2) is 10.2. The minimum absolute atomic E-state index is 0.0512. The van der Waals surface area contributed by atoms with Crippen LogP contribution in [-0.2, 0) is 20.9 Å². The molecule has 0 radical (unpaired) electrons. The lowest BCUT2D eigenvalue weighted by molar-refractivity contribution is -0.137. The van der Waals surface area contributed by atoms with Crippen LogP contribution in [0.4, 0.5) is 0 Å². The van der Waals surface area contributed by atoms with Crippen LogP contribution in [0.5, 0.6) is 5.75 Å². The number of aliphatic carboxylic acids is 1. The van der Waals surface area contributed by atoms with Gasteiger partial charge < -0.3 is 20.5 Å². The Balaban J connectivity index is 2.15. The molecule has 0 unspecified atom stereocenters. The molecule has 0 fully saturated rings. The first-order valence-corrected chi connectivity index (χ1v) is 7.39. The number of nitrogens with one attached hydrogen (secondary N) is 2. The molecular formula is C16H22N2O5. The quantitative estimate of drug-likeness (QED) is 0.559. The molecule has 3 N–H and O–H groups in total. The molecule has 126 valence electrons. The predicted octanol–water partition coefficient (Wildman–Crippen LogP) is 1.07. The summed E-state index contributed by atoms with van der Waals surface area (Å²) in [6.07, 6.45) is 1.21. The Bertz CT molecular complexity index is 528. The highest BCUT2D eigenvalue weighted by Gasteiger charge is 2.06. The van der Waals surface area contributed by atoms with Crippen molar-refractivity contribution < 1.29 is 24.2 Å². The zero-order chi connectivity index (χ0) is 17.1. The van der Waals surface area contributed by atoms with Gasteiger partial charge in [-0.25, -0.2) is 0 Å². The molecule has 23 heavy (non-hydrogen) atoms. The first-order valence-electron chi connectivity index (χ1n) is 7.39. The third-order valence-electron chi connectivity index (χ3n) is 3.14. The molecule has 0 saturated carbocycles. The van der Waals surface area contributed by atoms with Crippen molar-refractivity contribution in [3.8, 4) is 5.75 Å². The van der Waals surface area contributed by atoms with E-state index in [9.17, 15) is 14.4 Å². The number of benzene rings is 1. The van der Waals surface area contributed by atoms with Gasteiger partial charge in [-0.2, -0.15) is 0 Å². The molecule has 1 aromatic carbocycles. The van der Waals surface area contributed by atoms with Gasteiger partial charge in [0.1, 0.15) is 5.75 Å². The topological polar surface area (TPSA) is 105 Å². The third kappa shape index (κ3) is 8.45. The van der Waals surface area contributed by atoms with E-state index in [1.807, 2.05) is 12.1 Å². The number of carbonyl (C=O) groups excluding carboxylic acids is 2. The number of rotatable bonds is 10. The van der Waals surface area contributed by atoms with E-state index in [0.29, 0.717) is 19.4 Å². The number of ether oxygens (including phenoxy) is 1. The number of carboxylic acids is 1. The van der Waals surface area contributed by atoms with Crippen LogP contribution in [-0.4, -0.2) is 36.5 Å². The average Bonchev–Trinajstić information content (AvgIpc) is 2.55. The van der Waals surface area contributed by atoms with Gasteiger partial charge in [0.15, 0.2) is 0 Å². The van der Waals surface area contributed by atoms with E-state index in [1.54, 1.807) is 19.2 Å². The van der Waals surface area contributed by atoms with Crippen molar-refractivity contribution in [2.24, 2.45) is 0 Å². The summed E-state index contributed by atoms with van der Waals surface area (Å²) in [7, 11) is 1.58. The van der Waals surface area contributed by atoms with Gasteiger partial charge in [0.2, 0.25) is 11.8 Å². The number of amides is 2. The summed E-state index contributed by atoms with van der Waals surface area (Å²) in [6.45, 7) is 0.283. The van der Waals surface area contributed by atoms with Gasteiger partial charge in [-0.3, -0.25) is 14.4 Å². The van der Waals surface area contributed by atoms with Crippen molar-refractivity contribution in [3.63, 3.8) is 0 Å². The highest BCUT2D eigenvalue weighted by Crippen LogP contribution is 2.10. The van der Waals surface area contributed by atoms with Gasteiger partial charge in [-0.1, -0.05) is 12.1 Å². The van der Waals surface area contributed by atoms with Crippen LogP contribution in [0, 0.1) is 0 Å². The summed E-state index contributed by atoms with van der Waals surface area (Å²) >= 11 is 0. The summed E-state index contributed by atoms with van der Waals surface area (Å²) in [4.78, 5) is 33.4. The molecule has 1 aromatic rings. The second-order valence-corrected chi connectivity index (χ2v) is 5.00. The Morgan fingerprint density at radius 3 is 2.26 bits per heavy atom. The smallest absolute Gasteiger partial charge is 0.303 e. The lowest BCUT2D eigenvalue weighted by Gasteiger charge is -2.07. The molecule has 0 bridgehead atoms. The van der Waals surface area contributed by atoms with E-state index in [0.717, 1.165) is 11.3 Å². The lowest BCUT2D eigenvalue weighted by atomic mass is 10.2. The van der Waals surface area contributed by atoms with E-state index >= 15 is 0 Å². The maximum Gasteiger partial charge on any atom is 0.303 e. The fraction of sp³-hybridized carbons (Fsp3) is 0.438. The molecular weight excluding hydrogens is 300 g/mol. The number of unbranched alkanes of at least 4 members (excludes halogenated alkanes) is 1. The minimum atomic E-state index is -0.872. The van der Waals surface area contributed by atoms with Gasteiger partial charge in [-0.15, -0.1) is 0 Å². The summed E-state index contributed by atoms with van der Waals surface area (Å²) in [5, 5.41) is 13.7. The second-order valence-electron chi connectivity index (χ2n) is 5.00. The molecule has 0 atom stereocenters. The Morgan fingerprint density at radius 1 is 1.00 bits per heavy atom. The summed E-state index contributed by atoms with van der Waals surface area (Å²) < 4.78 is 5.05. The fourth-order valence-corrected chi connectivity index (χ4v) is 1.84. The summed E-state index contributed by atoms with van der Waals surface area (Å²) in [6, 6.07) is 7.31. The van der Waals surface area contributed by atoms with Gasteiger partial charge >= 0.3 is 5.97 Å².